The molecular formula is C19H22N2O4. The molecule has 2 atom stereocenters. The van der Waals surface area contributed by atoms with Crippen molar-refractivity contribution < 1.29 is 13.9 Å². The van der Waals surface area contributed by atoms with Crippen LogP contribution in [0.2, 0.25) is 0 Å². The molecule has 2 heterocycles. The molecule has 6 nitrogen and oxygen atoms in total. The van der Waals surface area contributed by atoms with Crippen molar-refractivity contribution in [1.82, 2.24) is 10.2 Å². The van der Waals surface area contributed by atoms with Gasteiger partial charge < -0.3 is 14.5 Å². The first-order chi connectivity index (χ1) is 12.1. The van der Waals surface area contributed by atoms with Gasteiger partial charge in [0.1, 0.15) is 6.26 Å². The van der Waals surface area contributed by atoms with E-state index < -0.39 is 0 Å². The lowest BCUT2D eigenvalue weighted by molar-refractivity contribution is 0.0900. The van der Waals surface area contributed by atoms with Crippen LogP contribution in [0.3, 0.4) is 0 Å². The normalized spacial score (nSPS) is 20.4. The van der Waals surface area contributed by atoms with E-state index in [2.05, 4.69) is 29.3 Å². The van der Waals surface area contributed by atoms with Gasteiger partial charge in [0.2, 0.25) is 11.2 Å². The van der Waals surface area contributed by atoms with E-state index >= 15 is 0 Å². The van der Waals surface area contributed by atoms with Gasteiger partial charge in [0.15, 0.2) is 5.76 Å². The lowest BCUT2D eigenvalue weighted by Crippen LogP contribution is -2.40. The van der Waals surface area contributed by atoms with Crippen LogP contribution in [0.25, 0.3) is 0 Å². The van der Waals surface area contributed by atoms with Crippen LogP contribution in [-0.2, 0) is 6.54 Å². The minimum atomic E-state index is -0.377. The third-order valence-electron chi connectivity index (χ3n) is 4.50. The molecule has 0 bridgehead atoms. The summed E-state index contributed by atoms with van der Waals surface area (Å²) in [5.41, 5.74) is 0.881. The average molecular weight is 342 g/mol. The lowest BCUT2D eigenvalue weighted by Gasteiger charge is -2.17. The summed E-state index contributed by atoms with van der Waals surface area (Å²) in [5, 5.41) is 2.97. The summed E-state index contributed by atoms with van der Waals surface area (Å²) in [5.74, 6) is 0.0233. The second-order valence-corrected chi connectivity index (χ2v) is 6.41. The molecule has 1 aliphatic rings. The van der Waals surface area contributed by atoms with Crippen molar-refractivity contribution in [2.24, 2.45) is 5.92 Å². The Balaban J connectivity index is 1.61. The summed E-state index contributed by atoms with van der Waals surface area (Å²) in [6, 6.07) is 11.4. The van der Waals surface area contributed by atoms with Crippen molar-refractivity contribution in [1.29, 1.82) is 0 Å². The Morgan fingerprint density at radius 3 is 2.76 bits per heavy atom. The minimum Gasteiger partial charge on any atom is -0.490 e. The molecule has 0 unspecified atom stereocenters. The number of methoxy groups -OCH3 is 1. The van der Waals surface area contributed by atoms with Crippen LogP contribution in [0.15, 0.2) is 51.9 Å². The number of ether oxygens (including phenoxy) is 1. The summed E-state index contributed by atoms with van der Waals surface area (Å²) in [6.45, 7) is 4.64. The van der Waals surface area contributed by atoms with Gasteiger partial charge in [0.05, 0.1) is 7.11 Å². The number of carbonyl (C=O) groups is 1. The van der Waals surface area contributed by atoms with Crippen LogP contribution in [-0.4, -0.2) is 37.0 Å². The fourth-order valence-corrected chi connectivity index (χ4v) is 3.13. The zero-order chi connectivity index (χ0) is 17.8. The summed E-state index contributed by atoms with van der Waals surface area (Å²) >= 11 is 0. The number of amides is 1. The molecule has 6 heteroatoms. The summed E-state index contributed by atoms with van der Waals surface area (Å²) in [7, 11) is 1.38. The number of benzene rings is 1. The first-order valence-electron chi connectivity index (χ1n) is 8.31. The Morgan fingerprint density at radius 1 is 1.32 bits per heavy atom. The number of nitrogens with one attached hydrogen (secondary N) is 1. The number of rotatable bonds is 5. The Morgan fingerprint density at radius 2 is 2.08 bits per heavy atom. The number of hydrogen-bond donors (Lipinski definition) is 1. The highest BCUT2D eigenvalue weighted by atomic mass is 16.5. The Bertz CT molecular complexity index is 788. The molecule has 1 saturated heterocycles. The predicted octanol–water partition coefficient (Wildman–Crippen LogP) is 1.90. The third kappa shape index (κ3) is 4.09. The quantitative estimate of drug-likeness (QED) is 0.898. The van der Waals surface area contributed by atoms with Crippen LogP contribution in [0, 0.1) is 5.92 Å². The maximum Gasteiger partial charge on any atom is 0.287 e. The molecule has 3 rings (SSSR count). The number of nitrogens with zero attached hydrogens (tertiary/aromatic N) is 1. The maximum absolute atomic E-state index is 12.4. The van der Waals surface area contributed by atoms with Gasteiger partial charge in [-0.3, -0.25) is 14.5 Å². The van der Waals surface area contributed by atoms with Gasteiger partial charge in [0.25, 0.3) is 5.91 Å². The minimum absolute atomic E-state index is 0.000454. The van der Waals surface area contributed by atoms with Gasteiger partial charge in [0, 0.05) is 31.7 Å². The maximum atomic E-state index is 12.4. The second-order valence-electron chi connectivity index (χ2n) is 6.41. The summed E-state index contributed by atoms with van der Waals surface area (Å²) < 4.78 is 10.1. The van der Waals surface area contributed by atoms with E-state index in [0.717, 1.165) is 32.0 Å². The molecule has 1 aliphatic heterocycles. The fraction of sp³-hybridized carbons (Fsp3) is 0.368. The van der Waals surface area contributed by atoms with E-state index in [1.54, 1.807) is 0 Å². The van der Waals surface area contributed by atoms with Crippen molar-refractivity contribution in [3.63, 3.8) is 0 Å². The molecule has 132 valence electrons. The van der Waals surface area contributed by atoms with Crippen LogP contribution < -0.4 is 15.5 Å². The van der Waals surface area contributed by atoms with Crippen molar-refractivity contribution in [2.75, 3.05) is 20.2 Å². The molecule has 0 aliphatic carbocycles. The molecule has 0 spiro atoms. The zero-order valence-electron chi connectivity index (χ0n) is 14.4. The van der Waals surface area contributed by atoms with Gasteiger partial charge >= 0.3 is 0 Å². The van der Waals surface area contributed by atoms with Crippen molar-refractivity contribution in [3.8, 4) is 5.75 Å². The molecule has 2 aromatic rings. The first-order valence-corrected chi connectivity index (χ1v) is 8.31. The Labute approximate surface area is 146 Å². The average Bonchev–Trinajstić information content (AvgIpc) is 2.94. The molecule has 1 aromatic carbocycles. The largest absolute Gasteiger partial charge is 0.490 e. The fourth-order valence-electron chi connectivity index (χ4n) is 3.13. The van der Waals surface area contributed by atoms with Crippen LogP contribution >= 0.6 is 0 Å². The monoisotopic (exact) mass is 342 g/mol. The molecule has 1 fully saturated rings. The zero-order valence-corrected chi connectivity index (χ0v) is 14.4. The first kappa shape index (κ1) is 17.2. The van der Waals surface area contributed by atoms with E-state index in [-0.39, 0.29) is 28.9 Å². The SMILES string of the molecule is COc1coc(C(=O)N[C@@H]2CN(Cc3ccccc3)C[C@H]2C)cc1=O. The van der Waals surface area contributed by atoms with Gasteiger partial charge in [-0.25, -0.2) is 0 Å². The lowest BCUT2D eigenvalue weighted by atomic mass is 10.1. The standard InChI is InChI=1S/C19H22N2O4/c1-13-9-21(10-14-6-4-3-5-7-14)11-15(13)20-19(23)17-8-16(22)18(24-2)12-25-17/h3-8,12-13,15H,9-11H2,1-2H3,(H,20,23)/t13-,15-/m1/s1. The number of likely N-dealkylation sites (tertiary alicyclic amines) is 1. The molecule has 1 N–H and O–H groups in total. The van der Waals surface area contributed by atoms with Crippen LogP contribution in [0.1, 0.15) is 23.0 Å². The van der Waals surface area contributed by atoms with Crippen molar-refractivity contribution >= 4 is 5.91 Å². The molecule has 1 amide bonds. The molecule has 1 aromatic heterocycles. The topological polar surface area (TPSA) is 71.8 Å². The second kappa shape index (κ2) is 7.53. The number of carbonyl (C=O) groups excluding carboxylic acids is 1. The Kier molecular flexibility index (Phi) is 5.19. The molecule has 0 saturated carbocycles. The van der Waals surface area contributed by atoms with Crippen LogP contribution in [0.4, 0.5) is 0 Å². The smallest absolute Gasteiger partial charge is 0.287 e. The van der Waals surface area contributed by atoms with E-state index in [1.807, 2.05) is 18.2 Å². The highest BCUT2D eigenvalue weighted by Crippen LogP contribution is 2.19. The molecular weight excluding hydrogens is 320 g/mol. The highest BCUT2D eigenvalue weighted by molar-refractivity contribution is 5.91. The van der Waals surface area contributed by atoms with E-state index in [9.17, 15) is 9.59 Å². The van der Waals surface area contributed by atoms with E-state index in [0.29, 0.717) is 5.92 Å². The predicted molar refractivity (Wildman–Crippen MR) is 93.7 cm³/mol. The highest BCUT2D eigenvalue weighted by Gasteiger charge is 2.31. The molecule has 0 radical (unpaired) electrons. The van der Waals surface area contributed by atoms with Gasteiger partial charge in [-0.2, -0.15) is 0 Å². The van der Waals surface area contributed by atoms with Crippen molar-refractivity contribution in [3.05, 3.63) is 64.2 Å². The van der Waals surface area contributed by atoms with Gasteiger partial charge in [-0.15, -0.1) is 0 Å². The summed E-state index contributed by atoms with van der Waals surface area (Å²) in [6.07, 6.45) is 1.16. The van der Waals surface area contributed by atoms with E-state index in [4.69, 9.17) is 9.15 Å². The van der Waals surface area contributed by atoms with E-state index in [1.165, 1.54) is 12.7 Å². The third-order valence-corrected chi connectivity index (χ3v) is 4.50. The molecule has 25 heavy (non-hydrogen) atoms. The van der Waals surface area contributed by atoms with Crippen molar-refractivity contribution in [2.45, 2.75) is 19.5 Å². The van der Waals surface area contributed by atoms with Gasteiger partial charge in [-0.05, 0) is 11.5 Å². The van der Waals surface area contributed by atoms with Gasteiger partial charge in [-0.1, -0.05) is 37.3 Å². The van der Waals surface area contributed by atoms with Crippen LogP contribution in [0.5, 0.6) is 5.75 Å². The number of hydrogen-bond acceptors (Lipinski definition) is 5. The summed E-state index contributed by atoms with van der Waals surface area (Å²) in [4.78, 5) is 26.4. The Hall–Kier alpha value is -2.60.